The Morgan fingerprint density at radius 3 is 2.79 bits per heavy atom. The maximum atomic E-state index is 12.5. The Kier molecular flexibility index (Phi) is 5.30. The van der Waals surface area contributed by atoms with Gasteiger partial charge in [-0.05, 0) is 26.3 Å². The van der Waals surface area contributed by atoms with Crippen LogP contribution in [0.5, 0.6) is 0 Å². The fraction of sp³-hybridized carbons (Fsp3) is 0.571. The van der Waals surface area contributed by atoms with Crippen LogP contribution in [0.3, 0.4) is 0 Å². The van der Waals surface area contributed by atoms with E-state index in [1.807, 2.05) is 13.8 Å². The van der Waals surface area contributed by atoms with Crippen LogP contribution < -0.4 is 5.32 Å². The van der Waals surface area contributed by atoms with E-state index in [1.54, 1.807) is 30.4 Å². The summed E-state index contributed by atoms with van der Waals surface area (Å²) in [6, 6.07) is 1.79. The number of carbonyl (C=O) groups excluding carboxylic acids is 1. The molecule has 2 N–H and O–H groups in total. The third-order valence-electron chi connectivity index (χ3n) is 3.22. The second-order valence-corrected chi connectivity index (χ2v) is 5.18. The van der Waals surface area contributed by atoms with E-state index in [4.69, 9.17) is 0 Å². The van der Waals surface area contributed by atoms with Crippen LogP contribution in [0.1, 0.15) is 37.6 Å². The first kappa shape index (κ1) is 15.4. The Hall–Kier alpha value is -1.62. The molecule has 0 aromatic carbocycles. The number of hydrogen-bond acceptors (Lipinski definition) is 4. The van der Waals surface area contributed by atoms with Crippen molar-refractivity contribution in [3.8, 4) is 0 Å². The largest absolute Gasteiger partial charge is 0.394 e. The van der Waals surface area contributed by atoms with Crippen molar-refractivity contribution in [2.45, 2.75) is 32.7 Å². The number of pyridine rings is 1. The molecule has 1 rings (SSSR count). The molecule has 0 saturated carbocycles. The average Bonchev–Trinajstić information content (AvgIpc) is 2.43. The van der Waals surface area contributed by atoms with E-state index in [0.29, 0.717) is 5.56 Å². The van der Waals surface area contributed by atoms with Gasteiger partial charge < -0.3 is 15.3 Å². The minimum Gasteiger partial charge on any atom is -0.394 e. The topological polar surface area (TPSA) is 65.5 Å². The Morgan fingerprint density at radius 1 is 1.53 bits per heavy atom. The lowest BCUT2D eigenvalue weighted by atomic mass is 10.0. The maximum absolute atomic E-state index is 12.5. The van der Waals surface area contributed by atoms with Crippen LogP contribution in [0.15, 0.2) is 18.5 Å². The van der Waals surface area contributed by atoms with Crippen LogP contribution in [0, 0.1) is 0 Å². The number of hydrogen-bond donors (Lipinski definition) is 2. The number of aliphatic hydroxyl groups excluding tert-OH is 1. The summed E-state index contributed by atoms with van der Waals surface area (Å²) in [5.41, 5.74) is 0.706. The first-order valence-electron chi connectivity index (χ1n) is 6.51. The molecule has 0 spiro atoms. The van der Waals surface area contributed by atoms with Gasteiger partial charge in [-0.15, -0.1) is 0 Å². The number of likely N-dealkylation sites (N-methyl/N-ethyl adjacent to an activating group) is 1. The molecule has 0 fully saturated rings. The second-order valence-electron chi connectivity index (χ2n) is 5.18. The Labute approximate surface area is 114 Å². The summed E-state index contributed by atoms with van der Waals surface area (Å²) in [5.74, 6) is -0.147. The van der Waals surface area contributed by atoms with Crippen molar-refractivity contribution in [2.24, 2.45) is 0 Å². The molecule has 1 aromatic rings. The summed E-state index contributed by atoms with van der Waals surface area (Å²) in [6.45, 7) is 6.42. The van der Waals surface area contributed by atoms with E-state index in [9.17, 15) is 9.90 Å². The van der Waals surface area contributed by atoms with E-state index < -0.39 is 5.54 Å². The summed E-state index contributed by atoms with van der Waals surface area (Å²) in [6.07, 6.45) is 4.20. The van der Waals surface area contributed by atoms with Gasteiger partial charge in [-0.3, -0.25) is 9.78 Å². The molecule has 0 aliphatic rings. The lowest BCUT2D eigenvalue weighted by Gasteiger charge is -2.34. The summed E-state index contributed by atoms with van der Waals surface area (Å²) < 4.78 is 0. The monoisotopic (exact) mass is 265 g/mol. The molecule has 5 nitrogen and oxygen atoms in total. The first-order chi connectivity index (χ1) is 8.94. The van der Waals surface area contributed by atoms with Crippen molar-refractivity contribution in [3.63, 3.8) is 0 Å². The van der Waals surface area contributed by atoms with Gasteiger partial charge in [-0.25, -0.2) is 0 Å². The summed E-state index contributed by atoms with van der Waals surface area (Å²) in [7, 11) is 1.69. The average molecular weight is 265 g/mol. The molecule has 5 heteroatoms. The highest BCUT2D eigenvalue weighted by atomic mass is 16.3. The third-order valence-corrected chi connectivity index (χ3v) is 3.22. The van der Waals surface area contributed by atoms with Crippen LogP contribution in [-0.4, -0.2) is 46.6 Å². The van der Waals surface area contributed by atoms with Crippen molar-refractivity contribution >= 4 is 11.6 Å². The van der Waals surface area contributed by atoms with E-state index >= 15 is 0 Å². The van der Waals surface area contributed by atoms with Gasteiger partial charge in [-0.2, -0.15) is 0 Å². The van der Waals surface area contributed by atoms with E-state index in [2.05, 4.69) is 17.2 Å². The van der Waals surface area contributed by atoms with Crippen LogP contribution in [0.25, 0.3) is 0 Å². The molecule has 1 heterocycles. The highest BCUT2D eigenvalue weighted by Gasteiger charge is 2.28. The van der Waals surface area contributed by atoms with Gasteiger partial charge in [-0.1, -0.05) is 6.92 Å². The first-order valence-corrected chi connectivity index (χ1v) is 6.51. The van der Waals surface area contributed by atoms with Crippen LogP contribution in [0.4, 0.5) is 5.69 Å². The number of rotatable bonds is 6. The number of nitrogens with zero attached hydrogens (tertiary/aromatic N) is 2. The smallest absolute Gasteiger partial charge is 0.257 e. The molecular weight excluding hydrogens is 242 g/mol. The molecule has 0 aliphatic heterocycles. The molecule has 1 aromatic heterocycles. The minimum atomic E-state index is -0.602. The normalized spacial score (nSPS) is 11.2. The lowest BCUT2D eigenvalue weighted by molar-refractivity contribution is 0.0473. The molecule has 106 valence electrons. The predicted octanol–water partition coefficient (Wildman–Crippen LogP) is 1.75. The Balaban J connectivity index is 2.99. The van der Waals surface area contributed by atoms with E-state index in [1.165, 1.54) is 0 Å². The van der Waals surface area contributed by atoms with Crippen molar-refractivity contribution in [1.82, 2.24) is 9.88 Å². The number of aliphatic hydroxyl groups is 1. The standard InChI is InChI=1S/C14H23N3O2/c1-5-7-16-12-6-8-15-9-11(12)13(19)17(4)14(2,3)10-18/h6,8-9,18H,5,7,10H2,1-4H3,(H,15,16). The Bertz CT molecular complexity index is 432. The van der Waals surface area contributed by atoms with Crippen molar-refractivity contribution < 1.29 is 9.90 Å². The number of anilines is 1. The maximum Gasteiger partial charge on any atom is 0.257 e. The molecule has 1 amide bonds. The predicted molar refractivity (Wildman–Crippen MR) is 76.3 cm³/mol. The van der Waals surface area contributed by atoms with Gasteiger partial charge in [0, 0.05) is 26.0 Å². The van der Waals surface area contributed by atoms with Gasteiger partial charge in [0.25, 0.3) is 5.91 Å². The SMILES string of the molecule is CCCNc1ccncc1C(=O)N(C)C(C)(C)CO. The summed E-state index contributed by atoms with van der Waals surface area (Å²) in [4.78, 5) is 18.0. The van der Waals surface area contributed by atoms with Gasteiger partial charge in [0.15, 0.2) is 0 Å². The fourth-order valence-electron chi connectivity index (χ4n) is 1.54. The van der Waals surface area contributed by atoms with Gasteiger partial charge in [0.1, 0.15) is 0 Å². The number of amides is 1. The molecule has 19 heavy (non-hydrogen) atoms. The zero-order valence-corrected chi connectivity index (χ0v) is 12.1. The fourth-order valence-corrected chi connectivity index (χ4v) is 1.54. The number of nitrogens with one attached hydrogen (secondary N) is 1. The number of carbonyl (C=O) groups is 1. The zero-order valence-electron chi connectivity index (χ0n) is 12.1. The molecule has 0 aliphatic carbocycles. The molecule has 0 atom stereocenters. The molecule has 0 bridgehead atoms. The highest BCUT2D eigenvalue weighted by Crippen LogP contribution is 2.20. The quantitative estimate of drug-likeness (QED) is 0.822. The van der Waals surface area contributed by atoms with Crippen LogP contribution in [0.2, 0.25) is 0 Å². The van der Waals surface area contributed by atoms with Crippen molar-refractivity contribution in [3.05, 3.63) is 24.0 Å². The zero-order chi connectivity index (χ0) is 14.5. The lowest BCUT2D eigenvalue weighted by Crippen LogP contribution is -2.47. The van der Waals surface area contributed by atoms with E-state index in [0.717, 1.165) is 18.7 Å². The third kappa shape index (κ3) is 3.67. The van der Waals surface area contributed by atoms with Gasteiger partial charge in [0.2, 0.25) is 0 Å². The van der Waals surface area contributed by atoms with Gasteiger partial charge in [0.05, 0.1) is 23.4 Å². The minimum absolute atomic E-state index is 0.0901. The molecule has 0 unspecified atom stereocenters. The van der Waals surface area contributed by atoms with E-state index in [-0.39, 0.29) is 12.5 Å². The summed E-state index contributed by atoms with van der Waals surface area (Å²) in [5, 5.41) is 12.6. The summed E-state index contributed by atoms with van der Waals surface area (Å²) >= 11 is 0. The molecule has 0 radical (unpaired) electrons. The van der Waals surface area contributed by atoms with Crippen molar-refractivity contribution in [1.29, 1.82) is 0 Å². The Morgan fingerprint density at radius 2 is 2.21 bits per heavy atom. The van der Waals surface area contributed by atoms with Crippen LogP contribution >= 0.6 is 0 Å². The molecule has 0 saturated heterocycles. The number of aromatic nitrogens is 1. The van der Waals surface area contributed by atoms with Gasteiger partial charge >= 0.3 is 0 Å². The van der Waals surface area contributed by atoms with Crippen LogP contribution in [-0.2, 0) is 0 Å². The highest BCUT2D eigenvalue weighted by molar-refractivity contribution is 5.99. The second kappa shape index (κ2) is 6.52. The molecular formula is C14H23N3O2. The van der Waals surface area contributed by atoms with Crippen molar-refractivity contribution in [2.75, 3.05) is 25.5 Å².